The van der Waals surface area contributed by atoms with Crippen molar-refractivity contribution in [1.82, 2.24) is 5.32 Å². The van der Waals surface area contributed by atoms with E-state index in [-0.39, 0.29) is 30.6 Å². The summed E-state index contributed by atoms with van der Waals surface area (Å²) in [7, 11) is 1.83. The van der Waals surface area contributed by atoms with Crippen LogP contribution in [0.25, 0.3) is 0 Å². The van der Waals surface area contributed by atoms with Gasteiger partial charge in [0.15, 0.2) is 13.2 Å². The maximum Gasteiger partial charge on any atom is 0.303 e. The molecule has 0 radical (unpaired) electrons. The van der Waals surface area contributed by atoms with Crippen LogP contribution in [0.1, 0.15) is 56.5 Å². The number of benzene rings is 1. The van der Waals surface area contributed by atoms with Gasteiger partial charge >= 0.3 is 5.91 Å². The zero-order valence-electron chi connectivity index (χ0n) is 15.9. The van der Waals surface area contributed by atoms with Crippen LogP contribution < -0.4 is 15.1 Å². The van der Waals surface area contributed by atoms with E-state index >= 15 is 0 Å². The van der Waals surface area contributed by atoms with E-state index in [1.807, 2.05) is 59.9 Å². The normalized spacial score (nSPS) is 15.6. The van der Waals surface area contributed by atoms with Crippen molar-refractivity contribution in [2.24, 2.45) is 0 Å². The number of carbonyl (C=O) groups is 3. The fourth-order valence-corrected chi connectivity index (χ4v) is 2.90. The predicted molar refractivity (Wildman–Crippen MR) is 96.9 cm³/mol. The highest BCUT2D eigenvalue weighted by molar-refractivity contribution is 6.52. The maximum absolute atomic E-state index is 12.4. The van der Waals surface area contributed by atoms with Crippen molar-refractivity contribution in [2.45, 2.75) is 46.1 Å². The smallest absolute Gasteiger partial charge is 0.303 e. The molecule has 6 heteroatoms. The zero-order chi connectivity index (χ0) is 18.9. The third kappa shape index (κ3) is 4.45. The molecule has 25 heavy (non-hydrogen) atoms. The van der Waals surface area contributed by atoms with E-state index in [1.165, 1.54) is 4.90 Å². The number of anilines is 1. The van der Waals surface area contributed by atoms with Gasteiger partial charge in [0.1, 0.15) is 0 Å². The summed E-state index contributed by atoms with van der Waals surface area (Å²) in [5, 5.41) is 2.90. The highest BCUT2D eigenvalue weighted by atomic mass is 16.2. The first-order valence-electron chi connectivity index (χ1n) is 8.62. The fourth-order valence-electron chi connectivity index (χ4n) is 2.90. The van der Waals surface area contributed by atoms with Crippen molar-refractivity contribution < 1.29 is 19.3 Å². The van der Waals surface area contributed by atoms with Gasteiger partial charge in [-0.1, -0.05) is 19.9 Å². The number of hydrogen-bond acceptors (Lipinski definition) is 3. The second kappa shape index (κ2) is 6.96. The minimum Gasteiger partial charge on any atom is -0.347 e. The van der Waals surface area contributed by atoms with Crippen molar-refractivity contribution in [2.75, 3.05) is 25.2 Å². The topological polar surface area (TPSA) is 70.9 Å². The fraction of sp³-hybridized carbons (Fsp3) is 0.526. The molecule has 6 nitrogen and oxygen atoms in total. The summed E-state index contributed by atoms with van der Waals surface area (Å²) in [5.41, 5.74) is 1.83. The average Bonchev–Trinajstić information content (AvgIpc) is 2.69. The second-order valence-electron chi connectivity index (χ2n) is 8.08. The zero-order valence-corrected chi connectivity index (χ0v) is 15.9. The van der Waals surface area contributed by atoms with Gasteiger partial charge in [-0.25, -0.2) is 0 Å². The third-order valence-electron chi connectivity index (χ3n) is 4.07. The Morgan fingerprint density at radius 3 is 2.44 bits per heavy atom. The highest BCUT2D eigenvalue weighted by Gasteiger charge is 2.37. The molecule has 1 atom stereocenters. The van der Waals surface area contributed by atoms with E-state index in [2.05, 4.69) is 5.32 Å². The number of likely N-dealkylation sites (N-methyl/N-ethyl adjacent to an activating group) is 1. The maximum atomic E-state index is 12.4. The number of amides is 2. The molecule has 1 unspecified atom stereocenters. The number of ketones is 1. The number of carbonyl (C=O) groups excluding carboxylic acids is 3. The molecule has 1 aliphatic heterocycles. The molecule has 0 aliphatic carbocycles. The average molecular weight is 346 g/mol. The number of nitrogens with zero attached hydrogens (tertiary/aromatic N) is 1. The summed E-state index contributed by atoms with van der Waals surface area (Å²) in [5.74, 6) is -0.786. The molecule has 1 aliphatic rings. The van der Waals surface area contributed by atoms with E-state index in [0.717, 1.165) is 10.5 Å². The third-order valence-corrected chi connectivity index (χ3v) is 4.07. The first-order valence-corrected chi connectivity index (χ1v) is 8.62. The van der Waals surface area contributed by atoms with Crippen molar-refractivity contribution in [3.8, 4) is 0 Å². The Morgan fingerprint density at radius 1 is 1.24 bits per heavy atom. The molecule has 0 spiro atoms. The number of fused-ring (bicyclic) bond motifs is 1. The number of nitrogens with one attached hydrogen (secondary N) is 2. The lowest BCUT2D eigenvalue weighted by Gasteiger charge is -2.24. The van der Waals surface area contributed by atoms with Gasteiger partial charge < -0.3 is 10.2 Å². The summed E-state index contributed by atoms with van der Waals surface area (Å²) in [4.78, 5) is 39.0. The largest absolute Gasteiger partial charge is 0.347 e. The van der Waals surface area contributed by atoms with Crippen LogP contribution in [0.15, 0.2) is 18.2 Å². The van der Waals surface area contributed by atoms with Crippen LogP contribution in [0.3, 0.4) is 0 Å². The van der Waals surface area contributed by atoms with Gasteiger partial charge in [0.2, 0.25) is 0 Å². The number of rotatable bonds is 5. The van der Waals surface area contributed by atoms with Crippen LogP contribution in [0.5, 0.6) is 0 Å². The predicted octanol–water partition coefficient (Wildman–Crippen LogP) is 0.726. The van der Waals surface area contributed by atoms with Gasteiger partial charge in [-0.15, -0.1) is 0 Å². The van der Waals surface area contributed by atoms with Crippen LogP contribution in [0.2, 0.25) is 0 Å². The molecule has 1 aromatic rings. The minimum absolute atomic E-state index is 0.0849. The van der Waals surface area contributed by atoms with Crippen LogP contribution in [-0.2, 0) is 9.59 Å². The van der Waals surface area contributed by atoms with Crippen LogP contribution in [0, 0.1) is 0 Å². The Labute approximate surface area is 149 Å². The van der Waals surface area contributed by atoms with E-state index in [1.54, 1.807) is 0 Å². The minimum atomic E-state index is -0.522. The van der Waals surface area contributed by atoms with Crippen LogP contribution >= 0.6 is 0 Å². The van der Waals surface area contributed by atoms with Gasteiger partial charge in [0, 0.05) is 5.54 Å². The number of hydrogen-bond donors (Lipinski definition) is 2. The Morgan fingerprint density at radius 2 is 1.88 bits per heavy atom. The van der Waals surface area contributed by atoms with Crippen molar-refractivity contribution in [3.05, 3.63) is 29.3 Å². The molecule has 1 heterocycles. The Hall–Kier alpha value is -2.21. The quantitative estimate of drug-likeness (QED) is 0.772. The molecule has 0 saturated carbocycles. The first-order chi connectivity index (χ1) is 11.5. The first kappa shape index (κ1) is 19.1. The molecule has 0 fully saturated rings. The molecule has 0 saturated heterocycles. The van der Waals surface area contributed by atoms with Gasteiger partial charge in [-0.3, -0.25) is 19.3 Å². The SMILES string of the molecule is CC(C)c1ccc2c(c1)C(=O)C(=O)N2C[NH+](C)CC(=O)NC(C)(C)C. The molecule has 1 aromatic carbocycles. The summed E-state index contributed by atoms with van der Waals surface area (Å²) < 4.78 is 0. The Balaban J connectivity index is 2.12. The lowest BCUT2D eigenvalue weighted by molar-refractivity contribution is -0.869. The Kier molecular flexibility index (Phi) is 5.32. The molecule has 2 amide bonds. The summed E-state index contributed by atoms with van der Waals surface area (Å²) >= 11 is 0. The summed E-state index contributed by atoms with van der Waals surface area (Å²) in [6, 6.07) is 5.59. The van der Waals surface area contributed by atoms with Crippen molar-refractivity contribution in [1.29, 1.82) is 0 Å². The molecule has 2 rings (SSSR count). The summed E-state index contributed by atoms with van der Waals surface area (Å²) in [6.07, 6.45) is 0. The van der Waals surface area contributed by atoms with Crippen molar-refractivity contribution >= 4 is 23.3 Å². The molecule has 136 valence electrons. The van der Waals surface area contributed by atoms with E-state index < -0.39 is 11.7 Å². The lowest BCUT2D eigenvalue weighted by Crippen LogP contribution is -3.12. The monoisotopic (exact) mass is 346 g/mol. The Bertz CT molecular complexity index is 704. The molecule has 0 aromatic heterocycles. The van der Waals surface area contributed by atoms with Gasteiger partial charge in [0.25, 0.3) is 11.7 Å². The summed E-state index contributed by atoms with van der Waals surface area (Å²) in [6.45, 7) is 10.4. The highest BCUT2D eigenvalue weighted by Crippen LogP contribution is 2.30. The van der Waals surface area contributed by atoms with Crippen LogP contribution in [0.4, 0.5) is 5.69 Å². The second-order valence-corrected chi connectivity index (χ2v) is 8.08. The van der Waals surface area contributed by atoms with Crippen molar-refractivity contribution in [3.63, 3.8) is 0 Å². The number of quaternary nitrogens is 1. The molecular weight excluding hydrogens is 318 g/mol. The lowest BCUT2D eigenvalue weighted by atomic mass is 9.99. The molecular formula is C19H28N3O3+. The van der Waals surface area contributed by atoms with E-state index in [0.29, 0.717) is 11.3 Å². The van der Waals surface area contributed by atoms with Gasteiger partial charge in [-0.05, 0) is 44.4 Å². The van der Waals surface area contributed by atoms with Gasteiger partial charge in [0.05, 0.1) is 18.3 Å². The van der Waals surface area contributed by atoms with Crippen LogP contribution in [-0.4, -0.2) is 43.4 Å². The van der Waals surface area contributed by atoms with Gasteiger partial charge in [-0.2, -0.15) is 0 Å². The number of Topliss-reactive ketones (excluding diaryl/α,β-unsaturated/α-hetero) is 1. The van der Waals surface area contributed by atoms with E-state index in [9.17, 15) is 14.4 Å². The molecule has 2 N–H and O–H groups in total. The standard InChI is InChI=1S/C19H27N3O3/c1-12(2)13-7-8-15-14(9-13)17(24)18(25)22(15)11-21(6)10-16(23)20-19(3,4)5/h7-9,12H,10-11H2,1-6H3,(H,20,23)/p+1. The van der Waals surface area contributed by atoms with E-state index in [4.69, 9.17) is 0 Å². The molecule has 0 bridgehead atoms.